The average Bonchev–Trinajstić information content (AvgIpc) is 3.25. The van der Waals surface area contributed by atoms with Gasteiger partial charge in [0.1, 0.15) is 5.75 Å². The molecule has 0 saturated carbocycles. The first-order valence-corrected chi connectivity index (χ1v) is 12.5. The SMILES string of the molecule is O=C(COc1ccc(Cl)cc1Cl)N/N=C\c1ccc(Sc2nc3ccc([N+](=O)[O-])cc3s2)c([N+](=O)[O-])c1. The minimum absolute atomic E-state index is 0.0604. The van der Waals surface area contributed by atoms with Gasteiger partial charge in [0.2, 0.25) is 0 Å². The van der Waals surface area contributed by atoms with Crippen molar-refractivity contribution in [1.82, 2.24) is 10.4 Å². The molecule has 1 N–H and O–H groups in total. The first kappa shape index (κ1) is 26.3. The number of aromatic nitrogens is 1. The molecule has 0 aliphatic heterocycles. The summed E-state index contributed by atoms with van der Waals surface area (Å²) in [6, 6.07) is 13.3. The molecule has 0 fully saturated rings. The number of hydrogen-bond acceptors (Lipinski definition) is 10. The lowest BCUT2D eigenvalue weighted by molar-refractivity contribution is -0.387. The van der Waals surface area contributed by atoms with Crippen molar-refractivity contribution in [3.05, 3.63) is 90.4 Å². The van der Waals surface area contributed by atoms with Crippen LogP contribution in [0.25, 0.3) is 10.2 Å². The largest absolute Gasteiger partial charge is 0.482 e. The van der Waals surface area contributed by atoms with Gasteiger partial charge in [0, 0.05) is 28.8 Å². The van der Waals surface area contributed by atoms with Crippen molar-refractivity contribution in [2.75, 3.05) is 6.61 Å². The number of halogens is 2. The van der Waals surface area contributed by atoms with Crippen LogP contribution >= 0.6 is 46.3 Å². The number of nitrogens with one attached hydrogen (secondary N) is 1. The summed E-state index contributed by atoms with van der Waals surface area (Å²) in [4.78, 5) is 38.3. The first-order valence-electron chi connectivity index (χ1n) is 10.1. The van der Waals surface area contributed by atoms with Gasteiger partial charge in [-0.15, -0.1) is 11.3 Å². The summed E-state index contributed by atoms with van der Waals surface area (Å²) in [5, 5.41) is 27.1. The predicted octanol–water partition coefficient (Wildman–Crippen LogP) is 6.10. The number of benzene rings is 3. The van der Waals surface area contributed by atoms with Crippen molar-refractivity contribution < 1.29 is 19.4 Å². The summed E-state index contributed by atoms with van der Waals surface area (Å²) in [6.45, 7) is -0.361. The lowest BCUT2D eigenvalue weighted by Crippen LogP contribution is -2.24. The van der Waals surface area contributed by atoms with Crippen molar-refractivity contribution >= 4 is 80.0 Å². The van der Waals surface area contributed by atoms with Gasteiger partial charge in [-0.2, -0.15) is 5.10 Å². The lowest BCUT2D eigenvalue weighted by Gasteiger charge is -2.07. The summed E-state index contributed by atoms with van der Waals surface area (Å²) in [6.07, 6.45) is 1.26. The Kier molecular flexibility index (Phi) is 8.18. The van der Waals surface area contributed by atoms with E-state index in [2.05, 4.69) is 15.5 Å². The second-order valence-corrected chi connectivity index (χ2v) is 10.3. The maximum Gasteiger partial charge on any atom is 0.283 e. The third-order valence-electron chi connectivity index (χ3n) is 4.60. The number of fused-ring (bicyclic) bond motifs is 1. The van der Waals surface area contributed by atoms with E-state index >= 15 is 0 Å². The number of carbonyl (C=O) groups excluding carboxylic acids is 1. The van der Waals surface area contributed by atoms with Gasteiger partial charge in [-0.05, 0) is 30.3 Å². The summed E-state index contributed by atoms with van der Waals surface area (Å²) in [7, 11) is 0. The Balaban J connectivity index is 1.41. The molecule has 0 unspecified atom stereocenters. The monoisotopic (exact) mass is 577 g/mol. The molecule has 188 valence electrons. The summed E-state index contributed by atoms with van der Waals surface area (Å²) >= 11 is 14.1. The van der Waals surface area contributed by atoms with E-state index in [1.807, 2.05) is 0 Å². The summed E-state index contributed by atoms with van der Waals surface area (Å²) < 4.78 is 6.40. The van der Waals surface area contributed by atoms with Gasteiger partial charge >= 0.3 is 0 Å². The number of thiazole rings is 1. The zero-order valence-electron chi connectivity index (χ0n) is 18.3. The Morgan fingerprint density at radius 3 is 2.65 bits per heavy atom. The van der Waals surface area contributed by atoms with Crippen LogP contribution in [0.3, 0.4) is 0 Å². The average molecular weight is 578 g/mol. The highest BCUT2D eigenvalue weighted by Gasteiger charge is 2.18. The van der Waals surface area contributed by atoms with Crippen molar-refractivity contribution in [1.29, 1.82) is 0 Å². The number of carbonyl (C=O) groups is 1. The second kappa shape index (κ2) is 11.5. The molecule has 4 rings (SSSR count). The Bertz CT molecular complexity index is 1560. The van der Waals surface area contributed by atoms with E-state index in [9.17, 15) is 25.0 Å². The maximum absolute atomic E-state index is 12.0. The number of amides is 1. The fraction of sp³-hybridized carbons (Fsp3) is 0.0455. The number of rotatable bonds is 9. The van der Waals surface area contributed by atoms with Gasteiger partial charge in [-0.25, -0.2) is 10.4 Å². The van der Waals surface area contributed by atoms with E-state index in [4.69, 9.17) is 27.9 Å². The molecule has 0 saturated heterocycles. The molecule has 0 bridgehead atoms. The van der Waals surface area contributed by atoms with Crippen LogP contribution in [0, 0.1) is 20.2 Å². The van der Waals surface area contributed by atoms with Crippen LogP contribution in [0.2, 0.25) is 10.0 Å². The molecule has 0 aliphatic carbocycles. The highest BCUT2D eigenvalue weighted by atomic mass is 35.5. The fourth-order valence-corrected chi connectivity index (χ4v) is 5.54. The standard InChI is InChI=1S/C22H13Cl2N5O6S2/c23-13-2-5-18(15(24)8-13)35-11-21(30)27-25-10-12-1-6-19(17(7-12)29(33)34)36-22-26-16-4-3-14(28(31)32)9-20(16)37-22/h1-10H,11H2,(H,27,30)/b25-10-. The predicted molar refractivity (Wildman–Crippen MR) is 141 cm³/mol. The third-order valence-corrected chi connectivity index (χ3v) is 7.27. The van der Waals surface area contributed by atoms with Crippen LogP contribution in [0.4, 0.5) is 11.4 Å². The Labute approximate surface area is 226 Å². The minimum atomic E-state index is -0.569. The van der Waals surface area contributed by atoms with Gasteiger partial charge in [-0.3, -0.25) is 25.0 Å². The molecule has 0 aliphatic rings. The molecule has 0 spiro atoms. The molecule has 1 heterocycles. The van der Waals surface area contributed by atoms with E-state index in [1.54, 1.807) is 12.1 Å². The number of nitro groups is 2. The molecule has 4 aromatic rings. The Morgan fingerprint density at radius 2 is 1.92 bits per heavy atom. The van der Waals surface area contributed by atoms with Gasteiger partial charge in [0.05, 0.1) is 36.2 Å². The Hall–Kier alpha value is -3.78. The second-order valence-electron chi connectivity index (χ2n) is 7.13. The third kappa shape index (κ3) is 6.71. The van der Waals surface area contributed by atoms with Crippen molar-refractivity contribution in [2.24, 2.45) is 5.10 Å². The lowest BCUT2D eigenvalue weighted by atomic mass is 10.2. The smallest absolute Gasteiger partial charge is 0.283 e. The van der Waals surface area contributed by atoms with Gasteiger partial charge in [-0.1, -0.05) is 41.0 Å². The van der Waals surface area contributed by atoms with Gasteiger partial charge in [0.25, 0.3) is 17.3 Å². The van der Waals surface area contributed by atoms with Crippen LogP contribution < -0.4 is 10.2 Å². The number of ether oxygens (including phenoxy) is 1. The number of nitro benzene ring substituents is 2. The van der Waals surface area contributed by atoms with Crippen molar-refractivity contribution in [3.63, 3.8) is 0 Å². The fourth-order valence-electron chi connectivity index (χ4n) is 2.93. The highest BCUT2D eigenvalue weighted by Crippen LogP contribution is 2.39. The molecule has 0 radical (unpaired) electrons. The number of nitrogens with zero attached hydrogens (tertiary/aromatic N) is 4. The molecule has 37 heavy (non-hydrogen) atoms. The number of hydrogen-bond donors (Lipinski definition) is 1. The van der Waals surface area contributed by atoms with Crippen molar-refractivity contribution in [2.45, 2.75) is 9.24 Å². The maximum atomic E-state index is 12.0. The zero-order chi connectivity index (χ0) is 26.5. The number of hydrazone groups is 1. The topological polar surface area (TPSA) is 150 Å². The van der Waals surface area contributed by atoms with Crippen LogP contribution in [0.1, 0.15) is 5.56 Å². The normalized spacial score (nSPS) is 11.1. The molecule has 3 aromatic carbocycles. The highest BCUT2D eigenvalue weighted by molar-refractivity contribution is 8.01. The van der Waals surface area contributed by atoms with Crippen LogP contribution in [-0.2, 0) is 4.79 Å². The zero-order valence-corrected chi connectivity index (χ0v) is 21.4. The first-order chi connectivity index (χ1) is 17.7. The molecular formula is C22H13Cl2N5O6S2. The van der Waals surface area contributed by atoms with Gasteiger partial charge in [0.15, 0.2) is 10.9 Å². The Morgan fingerprint density at radius 1 is 1.11 bits per heavy atom. The van der Waals surface area contributed by atoms with E-state index in [-0.39, 0.29) is 28.8 Å². The molecule has 15 heteroatoms. The number of non-ortho nitro benzene ring substituents is 1. The quantitative estimate of drug-likeness (QED) is 0.142. The summed E-state index contributed by atoms with van der Waals surface area (Å²) in [5.41, 5.74) is 2.95. The van der Waals surface area contributed by atoms with E-state index < -0.39 is 15.8 Å². The molecule has 1 aromatic heterocycles. The minimum Gasteiger partial charge on any atom is -0.482 e. The van der Waals surface area contributed by atoms with Gasteiger partial charge < -0.3 is 4.74 Å². The van der Waals surface area contributed by atoms with Crippen molar-refractivity contribution in [3.8, 4) is 5.75 Å². The van der Waals surface area contributed by atoms with Crippen LogP contribution in [0.15, 0.2) is 68.9 Å². The summed E-state index contributed by atoms with van der Waals surface area (Å²) in [5.74, 6) is -0.291. The molecule has 11 nitrogen and oxygen atoms in total. The van der Waals surface area contributed by atoms with E-state index in [0.29, 0.717) is 30.0 Å². The van der Waals surface area contributed by atoms with Crippen LogP contribution in [0.5, 0.6) is 5.75 Å². The molecular weight excluding hydrogens is 565 g/mol. The molecule has 0 atom stereocenters. The van der Waals surface area contributed by atoms with E-state index in [0.717, 1.165) is 11.8 Å². The molecule has 1 amide bonds. The van der Waals surface area contributed by atoms with E-state index in [1.165, 1.54) is 60.0 Å². The van der Waals surface area contributed by atoms with Crippen LogP contribution in [-0.4, -0.2) is 33.6 Å².